The number of carbonyl (C=O) groups is 1. The highest BCUT2D eigenvalue weighted by molar-refractivity contribution is 14.1. The van der Waals surface area contributed by atoms with Crippen LogP contribution >= 0.6 is 57.9 Å². The third-order valence-electron chi connectivity index (χ3n) is 3.69. The zero-order chi connectivity index (χ0) is 18.0. The number of hydrogen-bond acceptors (Lipinski definition) is 4. The van der Waals surface area contributed by atoms with Crippen molar-refractivity contribution in [2.24, 2.45) is 0 Å². The Morgan fingerprint density at radius 1 is 1.19 bits per heavy atom. The Morgan fingerprint density at radius 3 is 2.62 bits per heavy atom. The van der Waals surface area contributed by atoms with Gasteiger partial charge in [0.15, 0.2) is 5.13 Å². The minimum atomic E-state index is -0.0306. The predicted octanol–water partition coefficient (Wildman–Crippen LogP) is 5.18. The van der Waals surface area contributed by atoms with E-state index in [1.807, 2.05) is 56.6 Å². The summed E-state index contributed by atoms with van der Waals surface area (Å²) in [5.41, 5.74) is 1.55. The first-order valence-corrected chi connectivity index (χ1v) is 10.0. The maximum atomic E-state index is 13.2. The fraction of sp³-hybridized carbons (Fsp3) is 0.222. The molecule has 3 aromatic rings. The molecule has 4 nitrogen and oxygen atoms in total. The van der Waals surface area contributed by atoms with Crippen molar-refractivity contribution in [1.82, 2.24) is 9.88 Å². The number of nitrogens with zero attached hydrogens (tertiary/aromatic N) is 3. The Morgan fingerprint density at radius 2 is 1.92 bits per heavy atom. The van der Waals surface area contributed by atoms with Crippen LogP contribution in [-0.2, 0) is 0 Å². The van der Waals surface area contributed by atoms with E-state index in [0.717, 1.165) is 20.3 Å². The molecule has 1 heterocycles. The van der Waals surface area contributed by atoms with Crippen LogP contribution in [-0.4, -0.2) is 43.0 Å². The van der Waals surface area contributed by atoms with E-state index in [9.17, 15) is 4.79 Å². The molecule has 0 saturated heterocycles. The van der Waals surface area contributed by atoms with Crippen LogP contribution in [0.25, 0.3) is 10.2 Å². The summed E-state index contributed by atoms with van der Waals surface area (Å²) in [4.78, 5) is 21.6. The van der Waals surface area contributed by atoms with E-state index in [2.05, 4.69) is 32.5 Å². The van der Waals surface area contributed by atoms with Gasteiger partial charge >= 0.3 is 0 Å². The number of halogens is 3. The fourth-order valence-corrected chi connectivity index (χ4v) is 4.25. The fourth-order valence-electron chi connectivity index (χ4n) is 2.37. The molecule has 0 aliphatic rings. The smallest absolute Gasteiger partial charge is 0.261 e. The topological polar surface area (TPSA) is 36.4 Å². The predicted molar refractivity (Wildman–Crippen MR) is 121 cm³/mol. The first-order chi connectivity index (χ1) is 12.0. The second kappa shape index (κ2) is 9.32. The molecule has 1 aromatic heterocycles. The van der Waals surface area contributed by atoms with Gasteiger partial charge in [-0.1, -0.05) is 35.1 Å². The molecule has 0 bridgehead atoms. The van der Waals surface area contributed by atoms with Crippen LogP contribution in [0.15, 0.2) is 42.5 Å². The maximum absolute atomic E-state index is 13.2. The summed E-state index contributed by atoms with van der Waals surface area (Å²) in [6.07, 6.45) is 0. The highest BCUT2D eigenvalue weighted by atomic mass is 127. The van der Waals surface area contributed by atoms with Crippen LogP contribution in [0.4, 0.5) is 5.13 Å². The molecule has 0 unspecified atom stereocenters. The van der Waals surface area contributed by atoms with E-state index in [1.165, 1.54) is 11.3 Å². The quantitative estimate of drug-likeness (QED) is 0.434. The molecule has 2 aromatic carbocycles. The summed E-state index contributed by atoms with van der Waals surface area (Å²) < 4.78 is 1.91. The van der Waals surface area contributed by atoms with Gasteiger partial charge in [-0.3, -0.25) is 9.69 Å². The van der Waals surface area contributed by atoms with Gasteiger partial charge in [-0.25, -0.2) is 4.98 Å². The van der Waals surface area contributed by atoms with Crippen molar-refractivity contribution < 1.29 is 4.79 Å². The highest BCUT2D eigenvalue weighted by Crippen LogP contribution is 2.31. The van der Waals surface area contributed by atoms with Crippen molar-refractivity contribution in [3.63, 3.8) is 0 Å². The van der Waals surface area contributed by atoms with E-state index < -0.39 is 0 Å². The SMILES string of the molecule is CN(C)CCN(C(=O)c1ccccc1I)c1nc2ccc(Cl)cc2s1.Cl. The molecular formula is C18H18Cl2IN3OS. The number of amides is 1. The molecule has 0 atom stereocenters. The lowest BCUT2D eigenvalue weighted by Gasteiger charge is -2.22. The van der Waals surface area contributed by atoms with Crippen LogP contribution in [0.2, 0.25) is 5.02 Å². The summed E-state index contributed by atoms with van der Waals surface area (Å²) in [5.74, 6) is -0.0306. The second-order valence-corrected chi connectivity index (χ2v) is 8.46. The van der Waals surface area contributed by atoms with Gasteiger partial charge in [0.25, 0.3) is 5.91 Å². The number of hydrogen-bond donors (Lipinski definition) is 0. The van der Waals surface area contributed by atoms with Gasteiger partial charge in [0.2, 0.25) is 0 Å². The van der Waals surface area contributed by atoms with Gasteiger partial charge in [0, 0.05) is 21.7 Å². The lowest BCUT2D eigenvalue weighted by molar-refractivity contribution is 0.0984. The van der Waals surface area contributed by atoms with Gasteiger partial charge in [0.1, 0.15) is 0 Å². The molecular weight excluding hydrogens is 504 g/mol. The third-order valence-corrected chi connectivity index (χ3v) is 5.91. The Hall–Kier alpha value is -0.930. The number of rotatable bonds is 5. The van der Waals surface area contributed by atoms with Gasteiger partial charge in [-0.05, 0) is 67.0 Å². The largest absolute Gasteiger partial charge is 0.308 e. The number of thiazole rings is 1. The Kier molecular flexibility index (Phi) is 7.66. The summed E-state index contributed by atoms with van der Waals surface area (Å²) in [7, 11) is 3.99. The van der Waals surface area contributed by atoms with Crippen LogP contribution < -0.4 is 4.90 Å². The molecule has 0 N–H and O–H groups in total. The van der Waals surface area contributed by atoms with Crippen molar-refractivity contribution in [3.05, 3.63) is 56.6 Å². The molecule has 0 spiro atoms. The first-order valence-electron chi connectivity index (χ1n) is 7.73. The summed E-state index contributed by atoms with van der Waals surface area (Å²) in [6, 6.07) is 13.2. The molecule has 138 valence electrons. The maximum Gasteiger partial charge on any atom is 0.261 e. The number of aromatic nitrogens is 1. The van der Waals surface area contributed by atoms with E-state index >= 15 is 0 Å². The average Bonchev–Trinajstić information content (AvgIpc) is 2.97. The van der Waals surface area contributed by atoms with Crippen molar-refractivity contribution in [2.45, 2.75) is 0 Å². The van der Waals surface area contributed by atoms with Crippen LogP contribution in [0.1, 0.15) is 10.4 Å². The molecule has 0 saturated carbocycles. The molecule has 0 aliphatic carbocycles. The standard InChI is InChI=1S/C18H17ClIN3OS.ClH/c1-22(2)9-10-23(17(24)13-5-3-4-6-14(13)20)18-21-15-8-7-12(19)11-16(15)25-18;/h3-8,11H,9-10H2,1-2H3;1H. The van der Waals surface area contributed by atoms with Gasteiger partial charge in [-0.2, -0.15) is 0 Å². The van der Waals surface area contributed by atoms with E-state index in [4.69, 9.17) is 11.6 Å². The highest BCUT2D eigenvalue weighted by Gasteiger charge is 2.22. The minimum absolute atomic E-state index is 0. The van der Waals surface area contributed by atoms with Gasteiger partial charge in [0.05, 0.1) is 15.8 Å². The number of fused-ring (bicyclic) bond motifs is 1. The van der Waals surface area contributed by atoms with E-state index in [0.29, 0.717) is 22.3 Å². The normalized spacial score (nSPS) is 10.8. The minimum Gasteiger partial charge on any atom is -0.308 e. The average molecular weight is 522 g/mol. The zero-order valence-electron chi connectivity index (χ0n) is 14.3. The lowest BCUT2D eigenvalue weighted by atomic mass is 10.2. The Labute approximate surface area is 181 Å². The second-order valence-electron chi connectivity index (χ2n) is 5.85. The monoisotopic (exact) mass is 521 g/mol. The lowest BCUT2D eigenvalue weighted by Crippen LogP contribution is -2.37. The number of anilines is 1. The van der Waals surface area contributed by atoms with Crippen LogP contribution in [0, 0.1) is 3.57 Å². The van der Waals surface area contributed by atoms with Crippen LogP contribution in [0.3, 0.4) is 0 Å². The van der Waals surface area contributed by atoms with Gasteiger partial charge in [-0.15, -0.1) is 12.4 Å². The Bertz CT molecular complexity index is 916. The summed E-state index contributed by atoms with van der Waals surface area (Å²) in [5, 5.41) is 1.37. The number of benzene rings is 2. The molecule has 0 radical (unpaired) electrons. The van der Waals surface area contributed by atoms with Gasteiger partial charge < -0.3 is 4.90 Å². The molecule has 26 heavy (non-hydrogen) atoms. The van der Waals surface area contributed by atoms with Crippen LogP contribution in [0.5, 0.6) is 0 Å². The first kappa shape index (κ1) is 21.4. The number of likely N-dealkylation sites (N-methyl/N-ethyl adjacent to an activating group) is 1. The summed E-state index contributed by atoms with van der Waals surface area (Å²) in [6.45, 7) is 1.33. The molecule has 0 aliphatic heterocycles. The zero-order valence-corrected chi connectivity index (χ0v) is 18.8. The molecule has 0 fully saturated rings. The Balaban J connectivity index is 0.00000243. The van der Waals surface area contributed by atoms with Crippen molar-refractivity contribution in [3.8, 4) is 0 Å². The third kappa shape index (κ3) is 4.86. The number of carbonyl (C=O) groups excluding carboxylic acids is 1. The van der Waals surface area contributed by atoms with Crippen molar-refractivity contribution >= 4 is 79.2 Å². The van der Waals surface area contributed by atoms with Crippen molar-refractivity contribution in [1.29, 1.82) is 0 Å². The molecule has 3 rings (SSSR count). The molecule has 1 amide bonds. The summed E-state index contributed by atoms with van der Waals surface area (Å²) >= 11 is 9.77. The molecule has 8 heteroatoms. The van der Waals surface area contributed by atoms with E-state index in [-0.39, 0.29) is 18.3 Å². The van der Waals surface area contributed by atoms with E-state index in [1.54, 1.807) is 4.90 Å². The van der Waals surface area contributed by atoms with Crippen molar-refractivity contribution in [2.75, 3.05) is 32.1 Å².